The number of likely N-dealkylation sites (tertiary alicyclic amines) is 1. The van der Waals surface area contributed by atoms with Crippen molar-refractivity contribution in [1.82, 2.24) is 4.90 Å². The molecule has 1 saturated heterocycles. The second-order valence-corrected chi connectivity index (χ2v) is 6.34. The first-order valence-corrected chi connectivity index (χ1v) is 8.23. The topological polar surface area (TPSA) is 74.7 Å². The van der Waals surface area contributed by atoms with Crippen LogP contribution in [-0.2, 0) is 22.4 Å². The molecule has 1 aliphatic carbocycles. The number of benzene rings is 1. The largest absolute Gasteiger partial charge is 0.480 e. The summed E-state index contributed by atoms with van der Waals surface area (Å²) in [4.78, 5) is 37.0. The zero-order chi connectivity index (χ0) is 16.4. The van der Waals surface area contributed by atoms with Crippen molar-refractivity contribution in [2.24, 2.45) is 0 Å². The van der Waals surface area contributed by atoms with Gasteiger partial charge in [0.15, 0.2) is 5.78 Å². The number of Topliss-reactive ketones (excluding diaryl/α,β-unsaturated/α-hetero) is 1. The summed E-state index contributed by atoms with van der Waals surface area (Å²) in [5.74, 6) is -1.23. The van der Waals surface area contributed by atoms with Crippen LogP contribution in [0.3, 0.4) is 0 Å². The number of nitrogens with zero attached hydrogens (tertiary/aromatic N) is 1. The highest BCUT2D eigenvalue weighted by molar-refractivity contribution is 5.98. The predicted octanol–water partition coefficient (Wildman–Crippen LogP) is 2.21. The fourth-order valence-electron chi connectivity index (χ4n) is 3.58. The van der Waals surface area contributed by atoms with Gasteiger partial charge >= 0.3 is 5.97 Å². The van der Waals surface area contributed by atoms with Crippen LogP contribution in [-0.4, -0.2) is 40.3 Å². The molecule has 1 heterocycles. The molecule has 23 heavy (non-hydrogen) atoms. The zero-order valence-corrected chi connectivity index (χ0v) is 13.1. The highest BCUT2D eigenvalue weighted by Gasteiger charge is 2.33. The number of carbonyl (C=O) groups is 3. The van der Waals surface area contributed by atoms with E-state index < -0.39 is 12.0 Å². The standard InChI is InChI=1S/C18H21NO4/c20-16(14-7-6-12-3-1-4-13(12)11-14)8-9-17(21)19-10-2-5-15(19)18(22)23/h6-7,11,15H,1-5,8-10H2,(H,22,23). The molecule has 1 aliphatic heterocycles. The van der Waals surface area contributed by atoms with E-state index in [1.54, 1.807) is 0 Å². The number of carboxylic acids is 1. The Kier molecular flexibility index (Phi) is 4.46. The summed E-state index contributed by atoms with van der Waals surface area (Å²) in [5.41, 5.74) is 3.22. The number of fused-ring (bicyclic) bond motifs is 1. The summed E-state index contributed by atoms with van der Waals surface area (Å²) in [6.07, 6.45) is 4.66. The normalized spacial score (nSPS) is 19.7. The van der Waals surface area contributed by atoms with E-state index in [4.69, 9.17) is 5.11 Å². The van der Waals surface area contributed by atoms with Crippen molar-refractivity contribution in [3.8, 4) is 0 Å². The Bertz CT molecular complexity index is 652. The molecule has 1 amide bonds. The van der Waals surface area contributed by atoms with Gasteiger partial charge in [-0.25, -0.2) is 4.79 Å². The van der Waals surface area contributed by atoms with E-state index in [0.717, 1.165) is 19.3 Å². The molecule has 0 radical (unpaired) electrons. The first kappa shape index (κ1) is 15.7. The van der Waals surface area contributed by atoms with Crippen LogP contribution in [0.1, 0.15) is 53.6 Å². The summed E-state index contributed by atoms with van der Waals surface area (Å²) in [5, 5.41) is 9.12. The third kappa shape index (κ3) is 3.28. The van der Waals surface area contributed by atoms with E-state index in [2.05, 4.69) is 0 Å². The van der Waals surface area contributed by atoms with Gasteiger partial charge in [0.2, 0.25) is 5.91 Å². The fourth-order valence-corrected chi connectivity index (χ4v) is 3.58. The average Bonchev–Trinajstić information content (AvgIpc) is 3.19. The molecule has 1 aromatic carbocycles. The minimum Gasteiger partial charge on any atom is -0.480 e. The lowest BCUT2D eigenvalue weighted by atomic mass is 10.0. The predicted molar refractivity (Wildman–Crippen MR) is 84.4 cm³/mol. The number of aryl methyl sites for hydroxylation is 2. The first-order chi connectivity index (χ1) is 11.1. The maximum absolute atomic E-state index is 12.3. The Morgan fingerprint density at radius 2 is 1.87 bits per heavy atom. The van der Waals surface area contributed by atoms with Crippen molar-refractivity contribution in [2.75, 3.05) is 6.54 Å². The van der Waals surface area contributed by atoms with Crippen LogP contribution in [0.4, 0.5) is 0 Å². The van der Waals surface area contributed by atoms with Crippen LogP contribution in [0.2, 0.25) is 0 Å². The highest BCUT2D eigenvalue weighted by Crippen LogP contribution is 2.24. The van der Waals surface area contributed by atoms with Gasteiger partial charge in [-0.1, -0.05) is 12.1 Å². The number of carbonyl (C=O) groups excluding carboxylic acids is 2. The van der Waals surface area contributed by atoms with Crippen LogP contribution >= 0.6 is 0 Å². The van der Waals surface area contributed by atoms with Gasteiger partial charge in [0.05, 0.1) is 0 Å². The number of aliphatic carboxylic acids is 1. The Hall–Kier alpha value is -2.17. The van der Waals surface area contributed by atoms with Gasteiger partial charge in [-0.15, -0.1) is 0 Å². The van der Waals surface area contributed by atoms with E-state index in [1.165, 1.54) is 16.0 Å². The molecule has 122 valence electrons. The van der Waals surface area contributed by atoms with Gasteiger partial charge in [-0.3, -0.25) is 9.59 Å². The molecule has 0 aromatic heterocycles. The van der Waals surface area contributed by atoms with Crippen molar-refractivity contribution in [2.45, 2.75) is 51.0 Å². The Morgan fingerprint density at radius 1 is 1.09 bits per heavy atom. The molecule has 3 rings (SSSR count). The van der Waals surface area contributed by atoms with Crippen LogP contribution in [0, 0.1) is 0 Å². The third-order valence-corrected chi connectivity index (χ3v) is 4.84. The van der Waals surface area contributed by atoms with E-state index in [9.17, 15) is 14.4 Å². The molecule has 0 spiro atoms. The monoisotopic (exact) mass is 315 g/mol. The number of ketones is 1. The second-order valence-electron chi connectivity index (χ2n) is 6.34. The maximum Gasteiger partial charge on any atom is 0.326 e. The van der Waals surface area contributed by atoms with Gasteiger partial charge in [0.25, 0.3) is 0 Å². The number of rotatable bonds is 5. The molecule has 0 saturated carbocycles. The zero-order valence-electron chi connectivity index (χ0n) is 13.1. The minimum absolute atomic E-state index is 0.0425. The smallest absolute Gasteiger partial charge is 0.326 e. The van der Waals surface area contributed by atoms with Crippen LogP contribution in [0.15, 0.2) is 18.2 Å². The quantitative estimate of drug-likeness (QED) is 0.845. The molecule has 0 bridgehead atoms. The first-order valence-electron chi connectivity index (χ1n) is 8.23. The molecule has 1 fully saturated rings. The lowest BCUT2D eigenvalue weighted by Crippen LogP contribution is -2.40. The minimum atomic E-state index is -0.958. The van der Waals surface area contributed by atoms with Gasteiger partial charge in [0, 0.05) is 24.9 Å². The van der Waals surface area contributed by atoms with Crippen LogP contribution in [0.5, 0.6) is 0 Å². The van der Waals surface area contributed by atoms with Crippen LogP contribution < -0.4 is 0 Å². The van der Waals surface area contributed by atoms with Crippen molar-refractivity contribution in [3.05, 3.63) is 34.9 Å². The number of hydrogen-bond donors (Lipinski definition) is 1. The number of hydrogen-bond acceptors (Lipinski definition) is 3. The van der Waals surface area contributed by atoms with E-state index >= 15 is 0 Å². The summed E-state index contributed by atoms with van der Waals surface area (Å²) < 4.78 is 0. The van der Waals surface area contributed by atoms with Gasteiger partial charge < -0.3 is 10.0 Å². The third-order valence-electron chi connectivity index (χ3n) is 4.84. The lowest BCUT2D eigenvalue weighted by molar-refractivity contribution is -0.148. The number of carboxylic acid groups (broad SMARTS) is 1. The van der Waals surface area contributed by atoms with Crippen molar-refractivity contribution < 1.29 is 19.5 Å². The van der Waals surface area contributed by atoms with E-state index in [0.29, 0.717) is 24.9 Å². The molecular formula is C18H21NO4. The maximum atomic E-state index is 12.3. The van der Waals surface area contributed by atoms with E-state index in [-0.39, 0.29) is 24.5 Å². The summed E-state index contributed by atoms with van der Waals surface area (Å²) >= 11 is 0. The Balaban J connectivity index is 1.58. The van der Waals surface area contributed by atoms with E-state index in [1.807, 2.05) is 18.2 Å². The summed E-state index contributed by atoms with van der Waals surface area (Å²) in [6, 6.07) is 5.08. The lowest BCUT2D eigenvalue weighted by Gasteiger charge is -2.21. The Labute approximate surface area is 135 Å². The molecule has 2 aliphatic rings. The van der Waals surface area contributed by atoms with Crippen molar-refractivity contribution >= 4 is 17.7 Å². The summed E-state index contributed by atoms with van der Waals surface area (Å²) in [7, 11) is 0. The summed E-state index contributed by atoms with van der Waals surface area (Å²) in [6.45, 7) is 0.475. The SMILES string of the molecule is O=C(CCC(=O)N1CCCC1C(=O)O)c1ccc2c(c1)CCC2. The average molecular weight is 315 g/mol. The molecule has 1 unspecified atom stereocenters. The van der Waals surface area contributed by atoms with Gasteiger partial charge in [0.1, 0.15) is 6.04 Å². The molecule has 5 nitrogen and oxygen atoms in total. The van der Waals surface area contributed by atoms with Gasteiger partial charge in [-0.2, -0.15) is 0 Å². The number of amides is 1. The Morgan fingerprint density at radius 3 is 2.65 bits per heavy atom. The molecule has 1 N–H and O–H groups in total. The van der Waals surface area contributed by atoms with Gasteiger partial charge in [-0.05, 0) is 49.3 Å². The van der Waals surface area contributed by atoms with Crippen molar-refractivity contribution in [1.29, 1.82) is 0 Å². The van der Waals surface area contributed by atoms with Crippen LogP contribution in [0.25, 0.3) is 0 Å². The highest BCUT2D eigenvalue weighted by atomic mass is 16.4. The molecule has 5 heteroatoms. The molecule has 1 aromatic rings. The molecular weight excluding hydrogens is 294 g/mol. The molecule has 1 atom stereocenters. The fraction of sp³-hybridized carbons (Fsp3) is 0.500. The van der Waals surface area contributed by atoms with Crippen molar-refractivity contribution in [3.63, 3.8) is 0 Å². The second kappa shape index (κ2) is 6.52.